The van der Waals surface area contributed by atoms with Crippen molar-refractivity contribution < 1.29 is 9.47 Å². The summed E-state index contributed by atoms with van der Waals surface area (Å²) in [6.07, 6.45) is -0.699. The van der Waals surface area contributed by atoms with Gasteiger partial charge in [0.15, 0.2) is 6.29 Å². The summed E-state index contributed by atoms with van der Waals surface area (Å²) in [5, 5.41) is 0. The first-order chi connectivity index (χ1) is 7.17. The zero-order chi connectivity index (χ0) is 11.3. The van der Waals surface area contributed by atoms with E-state index in [1.165, 1.54) is 6.07 Å². The quantitative estimate of drug-likeness (QED) is 0.682. The highest BCUT2D eigenvalue weighted by atomic mass is 16.7. The van der Waals surface area contributed by atoms with Crippen LogP contribution in [0.15, 0.2) is 15.7 Å². The van der Waals surface area contributed by atoms with Crippen molar-refractivity contribution >= 4 is 0 Å². The standard InChI is InChI=1S/C9H14N2O4/c1-3-14-8(15-4-2)6-5-7(12)11-9(13)10-6/h5,8H,3-4H2,1-2H3,(H2,10,11,12,13). The summed E-state index contributed by atoms with van der Waals surface area (Å²) in [6.45, 7) is 4.47. The molecule has 0 aromatic carbocycles. The minimum absolute atomic E-state index is 0.326. The molecule has 0 unspecified atom stereocenters. The number of hydrogen-bond donors (Lipinski definition) is 2. The Morgan fingerprint density at radius 2 is 1.80 bits per heavy atom. The van der Waals surface area contributed by atoms with Gasteiger partial charge in [0.05, 0.1) is 5.69 Å². The van der Waals surface area contributed by atoms with E-state index in [0.717, 1.165) is 0 Å². The second kappa shape index (κ2) is 5.47. The zero-order valence-corrected chi connectivity index (χ0v) is 8.70. The molecule has 0 radical (unpaired) electrons. The van der Waals surface area contributed by atoms with Gasteiger partial charge in [-0.2, -0.15) is 0 Å². The molecule has 15 heavy (non-hydrogen) atoms. The molecule has 0 saturated heterocycles. The predicted molar refractivity (Wildman–Crippen MR) is 53.7 cm³/mol. The second-order valence-electron chi connectivity index (χ2n) is 2.79. The van der Waals surface area contributed by atoms with E-state index in [4.69, 9.17) is 9.47 Å². The molecule has 0 fully saturated rings. The molecule has 0 saturated carbocycles. The molecule has 0 atom stereocenters. The summed E-state index contributed by atoms with van der Waals surface area (Å²) in [4.78, 5) is 26.6. The average Bonchev–Trinajstić information content (AvgIpc) is 2.16. The van der Waals surface area contributed by atoms with Crippen LogP contribution < -0.4 is 11.2 Å². The monoisotopic (exact) mass is 214 g/mol. The highest BCUT2D eigenvalue weighted by Gasteiger charge is 2.12. The lowest BCUT2D eigenvalue weighted by molar-refractivity contribution is -0.142. The van der Waals surface area contributed by atoms with Crippen LogP contribution in [0.4, 0.5) is 0 Å². The van der Waals surface area contributed by atoms with E-state index in [0.29, 0.717) is 18.9 Å². The molecule has 6 nitrogen and oxygen atoms in total. The van der Waals surface area contributed by atoms with Gasteiger partial charge in [-0.25, -0.2) is 4.79 Å². The Morgan fingerprint density at radius 3 is 2.27 bits per heavy atom. The third-order valence-corrected chi connectivity index (χ3v) is 1.67. The molecule has 1 aromatic heterocycles. The van der Waals surface area contributed by atoms with E-state index in [1.807, 2.05) is 0 Å². The second-order valence-corrected chi connectivity index (χ2v) is 2.79. The van der Waals surface area contributed by atoms with E-state index in [2.05, 4.69) is 9.97 Å². The Morgan fingerprint density at radius 1 is 1.20 bits per heavy atom. The number of aromatic nitrogens is 2. The first-order valence-corrected chi connectivity index (χ1v) is 4.74. The van der Waals surface area contributed by atoms with E-state index >= 15 is 0 Å². The van der Waals surface area contributed by atoms with Gasteiger partial charge < -0.3 is 14.5 Å². The van der Waals surface area contributed by atoms with Crippen LogP contribution in [0.3, 0.4) is 0 Å². The minimum atomic E-state index is -0.699. The van der Waals surface area contributed by atoms with Crippen LogP contribution in [0, 0.1) is 0 Å². The van der Waals surface area contributed by atoms with Crippen molar-refractivity contribution in [1.29, 1.82) is 0 Å². The lowest BCUT2D eigenvalue weighted by Gasteiger charge is -2.15. The molecule has 1 aromatic rings. The Kier molecular flexibility index (Phi) is 4.26. The van der Waals surface area contributed by atoms with Gasteiger partial charge in [0.1, 0.15) is 0 Å². The van der Waals surface area contributed by atoms with Gasteiger partial charge in [-0.05, 0) is 13.8 Å². The Bertz CT molecular complexity index is 375. The molecule has 0 aliphatic rings. The van der Waals surface area contributed by atoms with E-state index in [-0.39, 0.29) is 0 Å². The molecule has 6 heteroatoms. The highest BCUT2D eigenvalue weighted by Crippen LogP contribution is 2.13. The molecule has 0 aliphatic heterocycles. The molecular formula is C9H14N2O4. The van der Waals surface area contributed by atoms with E-state index < -0.39 is 17.5 Å². The van der Waals surface area contributed by atoms with Gasteiger partial charge in [0, 0.05) is 19.3 Å². The average molecular weight is 214 g/mol. The van der Waals surface area contributed by atoms with Gasteiger partial charge in [-0.15, -0.1) is 0 Å². The van der Waals surface area contributed by atoms with Gasteiger partial charge in [0.2, 0.25) is 0 Å². The van der Waals surface area contributed by atoms with Gasteiger partial charge in [-0.3, -0.25) is 9.78 Å². The molecule has 0 bridgehead atoms. The van der Waals surface area contributed by atoms with Crippen LogP contribution in [0.1, 0.15) is 25.8 Å². The zero-order valence-electron chi connectivity index (χ0n) is 8.70. The summed E-state index contributed by atoms with van der Waals surface area (Å²) in [5.74, 6) is 0. The van der Waals surface area contributed by atoms with Crippen LogP contribution in [0.25, 0.3) is 0 Å². The lowest BCUT2D eigenvalue weighted by Crippen LogP contribution is -2.25. The van der Waals surface area contributed by atoms with Crippen molar-refractivity contribution in [2.75, 3.05) is 13.2 Å². The smallest absolute Gasteiger partial charge is 0.326 e. The molecular weight excluding hydrogens is 200 g/mol. The maximum Gasteiger partial charge on any atom is 0.326 e. The molecule has 1 rings (SSSR count). The molecule has 0 spiro atoms. The lowest BCUT2D eigenvalue weighted by atomic mass is 10.4. The van der Waals surface area contributed by atoms with Crippen molar-refractivity contribution in [2.45, 2.75) is 20.1 Å². The van der Waals surface area contributed by atoms with Crippen LogP contribution in [-0.4, -0.2) is 23.2 Å². The normalized spacial score (nSPS) is 10.9. The van der Waals surface area contributed by atoms with Crippen LogP contribution in [0.2, 0.25) is 0 Å². The molecule has 84 valence electrons. The fourth-order valence-corrected chi connectivity index (χ4v) is 1.15. The largest absolute Gasteiger partial charge is 0.347 e. The fraction of sp³-hybridized carbons (Fsp3) is 0.556. The summed E-state index contributed by atoms with van der Waals surface area (Å²) in [7, 11) is 0. The SMILES string of the molecule is CCOC(OCC)c1cc(=O)[nH]c(=O)[nH]1. The first kappa shape index (κ1) is 11.7. The molecule has 2 N–H and O–H groups in total. The first-order valence-electron chi connectivity index (χ1n) is 4.74. The van der Waals surface area contributed by atoms with Gasteiger partial charge in [-0.1, -0.05) is 0 Å². The van der Waals surface area contributed by atoms with Crippen LogP contribution in [0.5, 0.6) is 0 Å². The maximum absolute atomic E-state index is 11.0. The summed E-state index contributed by atoms with van der Waals surface area (Å²) < 4.78 is 10.5. The van der Waals surface area contributed by atoms with Crippen LogP contribution in [-0.2, 0) is 9.47 Å². The number of ether oxygens (including phenoxy) is 2. The number of nitrogens with one attached hydrogen (secondary N) is 2. The number of H-pyrrole nitrogens is 2. The van der Waals surface area contributed by atoms with Gasteiger partial charge >= 0.3 is 5.69 Å². The fourth-order valence-electron chi connectivity index (χ4n) is 1.15. The molecule has 0 amide bonds. The van der Waals surface area contributed by atoms with Crippen molar-refractivity contribution in [3.63, 3.8) is 0 Å². The highest BCUT2D eigenvalue weighted by molar-refractivity contribution is 5.00. The number of hydrogen-bond acceptors (Lipinski definition) is 4. The van der Waals surface area contributed by atoms with Crippen LogP contribution >= 0.6 is 0 Å². The summed E-state index contributed by atoms with van der Waals surface area (Å²) >= 11 is 0. The predicted octanol–water partition coefficient (Wildman–Crippen LogP) is 0.135. The van der Waals surface area contributed by atoms with Crippen molar-refractivity contribution in [2.24, 2.45) is 0 Å². The van der Waals surface area contributed by atoms with Crippen molar-refractivity contribution in [3.8, 4) is 0 Å². The van der Waals surface area contributed by atoms with E-state index in [9.17, 15) is 9.59 Å². The minimum Gasteiger partial charge on any atom is -0.347 e. The summed E-state index contributed by atoms with van der Waals surface area (Å²) in [5.41, 5.74) is -0.715. The third-order valence-electron chi connectivity index (χ3n) is 1.67. The van der Waals surface area contributed by atoms with Crippen molar-refractivity contribution in [3.05, 3.63) is 32.6 Å². The Hall–Kier alpha value is -1.40. The summed E-state index contributed by atoms with van der Waals surface area (Å²) in [6, 6.07) is 1.25. The topological polar surface area (TPSA) is 84.2 Å². The van der Waals surface area contributed by atoms with Crippen molar-refractivity contribution in [1.82, 2.24) is 9.97 Å². The number of rotatable bonds is 5. The molecule has 0 aliphatic carbocycles. The Labute approximate surface area is 86.2 Å². The van der Waals surface area contributed by atoms with E-state index in [1.54, 1.807) is 13.8 Å². The Balaban J connectivity index is 2.99. The number of aromatic amines is 2. The molecule has 1 heterocycles. The maximum atomic E-state index is 11.0. The van der Waals surface area contributed by atoms with Gasteiger partial charge in [0.25, 0.3) is 5.56 Å². The third kappa shape index (κ3) is 3.34.